The molecule has 0 bridgehead atoms. The Morgan fingerprint density at radius 3 is 2.52 bits per heavy atom. The lowest BCUT2D eigenvalue weighted by atomic mass is 9.91. The molecular weight excluding hydrogens is 314 g/mol. The van der Waals surface area contributed by atoms with Crippen LogP contribution in [0.3, 0.4) is 0 Å². The first-order chi connectivity index (χ1) is 12.1. The van der Waals surface area contributed by atoms with Crippen molar-refractivity contribution < 1.29 is 9.59 Å². The molecule has 1 aromatic carbocycles. The highest BCUT2D eigenvalue weighted by Crippen LogP contribution is 2.30. The average Bonchev–Trinajstić information content (AvgIpc) is 2.66. The lowest BCUT2D eigenvalue weighted by molar-refractivity contribution is -0.137. The Balaban J connectivity index is 1.62. The van der Waals surface area contributed by atoms with Crippen LogP contribution in [0.1, 0.15) is 35.2 Å². The van der Waals surface area contributed by atoms with Gasteiger partial charge in [0.15, 0.2) is 0 Å². The van der Waals surface area contributed by atoms with Gasteiger partial charge in [0.05, 0.1) is 11.6 Å². The third kappa shape index (κ3) is 2.90. The van der Waals surface area contributed by atoms with Gasteiger partial charge in [0, 0.05) is 39.3 Å². The van der Waals surface area contributed by atoms with Crippen LogP contribution >= 0.6 is 0 Å². The summed E-state index contributed by atoms with van der Waals surface area (Å²) in [6.45, 7) is 3.85. The number of nitrogens with zero attached hydrogens (tertiary/aromatic N) is 3. The summed E-state index contributed by atoms with van der Waals surface area (Å²) in [5.74, 6) is -0.309. The first-order valence-corrected chi connectivity index (χ1v) is 8.68. The van der Waals surface area contributed by atoms with E-state index >= 15 is 0 Å². The molecule has 1 atom stereocenters. The Bertz CT molecular complexity index is 833. The van der Waals surface area contributed by atoms with Crippen LogP contribution in [0.15, 0.2) is 42.6 Å². The second-order valence-corrected chi connectivity index (χ2v) is 6.78. The molecule has 0 spiro atoms. The number of pyridine rings is 1. The predicted octanol–water partition coefficient (Wildman–Crippen LogP) is 2.11. The molecule has 5 nitrogen and oxygen atoms in total. The monoisotopic (exact) mass is 335 g/mol. The Labute approximate surface area is 147 Å². The van der Waals surface area contributed by atoms with Crippen LogP contribution in [0, 0.1) is 0 Å². The summed E-state index contributed by atoms with van der Waals surface area (Å²) in [5.41, 5.74) is 4.32. The van der Waals surface area contributed by atoms with Crippen LogP contribution in [-0.4, -0.2) is 39.7 Å². The van der Waals surface area contributed by atoms with Crippen LogP contribution in [0.4, 0.5) is 0 Å². The largest absolute Gasteiger partial charge is 0.337 e. The number of aromatic nitrogens is 1. The first kappa shape index (κ1) is 15.8. The third-order valence-electron chi connectivity index (χ3n) is 5.21. The fraction of sp³-hybridized carbons (Fsp3) is 0.350. The highest BCUT2D eigenvalue weighted by Gasteiger charge is 2.36. The molecule has 5 heteroatoms. The van der Waals surface area contributed by atoms with Crippen molar-refractivity contribution in [2.75, 3.05) is 13.1 Å². The van der Waals surface area contributed by atoms with Crippen molar-refractivity contribution in [1.82, 2.24) is 14.8 Å². The third-order valence-corrected chi connectivity index (χ3v) is 5.21. The Kier molecular flexibility index (Phi) is 3.99. The van der Waals surface area contributed by atoms with Crippen molar-refractivity contribution in [3.8, 4) is 0 Å². The van der Waals surface area contributed by atoms with Gasteiger partial charge in [-0.15, -0.1) is 0 Å². The molecule has 4 rings (SSSR count). The topological polar surface area (TPSA) is 53.5 Å². The molecule has 25 heavy (non-hydrogen) atoms. The van der Waals surface area contributed by atoms with Crippen molar-refractivity contribution in [1.29, 1.82) is 0 Å². The van der Waals surface area contributed by atoms with Gasteiger partial charge in [0.25, 0.3) is 0 Å². The molecule has 2 amide bonds. The highest BCUT2D eigenvalue weighted by atomic mass is 16.2. The molecule has 0 saturated carbocycles. The lowest BCUT2D eigenvalue weighted by Crippen LogP contribution is -2.46. The molecule has 0 N–H and O–H groups in total. The summed E-state index contributed by atoms with van der Waals surface area (Å²) in [7, 11) is 0. The van der Waals surface area contributed by atoms with Crippen molar-refractivity contribution in [3.63, 3.8) is 0 Å². The molecule has 0 fully saturated rings. The van der Waals surface area contributed by atoms with E-state index in [1.807, 2.05) is 29.2 Å². The van der Waals surface area contributed by atoms with E-state index in [9.17, 15) is 9.59 Å². The zero-order valence-electron chi connectivity index (χ0n) is 14.3. The number of benzene rings is 1. The van der Waals surface area contributed by atoms with Crippen molar-refractivity contribution >= 4 is 11.8 Å². The Morgan fingerprint density at radius 2 is 1.72 bits per heavy atom. The summed E-state index contributed by atoms with van der Waals surface area (Å²) in [4.78, 5) is 33.3. The molecule has 0 aliphatic carbocycles. The SMILES string of the molecule is CC(=O)N1Cc2cccnc2C(C(=O)N2CCc3ccccc3C2)C1. The highest BCUT2D eigenvalue weighted by molar-refractivity contribution is 5.86. The van der Waals surface area contributed by atoms with Crippen molar-refractivity contribution in [2.24, 2.45) is 0 Å². The minimum absolute atomic E-state index is 0.00343. The van der Waals surface area contributed by atoms with Crippen molar-refractivity contribution in [2.45, 2.75) is 32.4 Å². The number of carbonyl (C=O) groups excluding carboxylic acids is 2. The summed E-state index contributed by atoms with van der Waals surface area (Å²) in [5, 5.41) is 0. The first-order valence-electron chi connectivity index (χ1n) is 8.68. The van der Waals surface area contributed by atoms with Crippen LogP contribution in [0.5, 0.6) is 0 Å². The van der Waals surface area contributed by atoms with Gasteiger partial charge in [-0.3, -0.25) is 14.6 Å². The minimum atomic E-state index is -0.376. The molecular formula is C20H21N3O2. The van der Waals surface area contributed by atoms with Gasteiger partial charge in [-0.25, -0.2) is 0 Å². The van der Waals surface area contributed by atoms with Crippen LogP contribution in [0.25, 0.3) is 0 Å². The second kappa shape index (κ2) is 6.31. The van der Waals surface area contributed by atoms with E-state index in [1.165, 1.54) is 11.1 Å². The molecule has 128 valence electrons. The van der Waals surface area contributed by atoms with Gasteiger partial charge in [0.2, 0.25) is 11.8 Å². The number of amides is 2. The number of carbonyl (C=O) groups is 2. The van der Waals surface area contributed by atoms with E-state index in [4.69, 9.17) is 0 Å². The van der Waals surface area contributed by atoms with Gasteiger partial charge in [-0.1, -0.05) is 30.3 Å². The molecule has 2 aliphatic rings. The van der Waals surface area contributed by atoms with Crippen LogP contribution < -0.4 is 0 Å². The van der Waals surface area contributed by atoms with E-state index in [0.29, 0.717) is 26.2 Å². The van der Waals surface area contributed by atoms with E-state index in [2.05, 4.69) is 17.1 Å². The summed E-state index contributed by atoms with van der Waals surface area (Å²) in [6.07, 6.45) is 2.61. The van der Waals surface area contributed by atoms with E-state index in [-0.39, 0.29) is 17.7 Å². The van der Waals surface area contributed by atoms with Crippen LogP contribution in [-0.2, 0) is 29.1 Å². The molecule has 0 radical (unpaired) electrons. The number of hydrogen-bond donors (Lipinski definition) is 0. The fourth-order valence-electron chi connectivity index (χ4n) is 3.81. The standard InChI is InChI=1S/C20H21N3O2/c1-14(24)23-12-17-7-4-9-21-19(17)18(13-23)20(25)22-10-8-15-5-2-3-6-16(15)11-22/h2-7,9,18H,8,10-13H2,1H3. The fourth-order valence-corrected chi connectivity index (χ4v) is 3.81. The lowest BCUT2D eigenvalue weighted by Gasteiger charge is -2.37. The smallest absolute Gasteiger partial charge is 0.233 e. The normalized spacial score (nSPS) is 19.2. The average molecular weight is 335 g/mol. The minimum Gasteiger partial charge on any atom is -0.337 e. The zero-order chi connectivity index (χ0) is 17.4. The van der Waals surface area contributed by atoms with Gasteiger partial charge in [-0.05, 0) is 29.2 Å². The Morgan fingerprint density at radius 1 is 1.00 bits per heavy atom. The maximum atomic E-state index is 13.2. The predicted molar refractivity (Wildman–Crippen MR) is 93.6 cm³/mol. The van der Waals surface area contributed by atoms with E-state index < -0.39 is 0 Å². The molecule has 3 heterocycles. The van der Waals surface area contributed by atoms with Gasteiger partial charge >= 0.3 is 0 Å². The molecule has 2 aliphatic heterocycles. The second-order valence-electron chi connectivity index (χ2n) is 6.78. The Hall–Kier alpha value is -2.69. The maximum absolute atomic E-state index is 13.2. The molecule has 0 saturated heterocycles. The number of rotatable bonds is 1. The van der Waals surface area contributed by atoms with Gasteiger partial charge in [-0.2, -0.15) is 0 Å². The molecule has 1 aromatic heterocycles. The van der Waals surface area contributed by atoms with Crippen molar-refractivity contribution in [3.05, 3.63) is 65.0 Å². The summed E-state index contributed by atoms with van der Waals surface area (Å²) < 4.78 is 0. The maximum Gasteiger partial charge on any atom is 0.233 e. The quantitative estimate of drug-likeness (QED) is 0.802. The van der Waals surface area contributed by atoms with Gasteiger partial charge < -0.3 is 9.80 Å². The summed E-state index contributed by atoms with van der Waals surface area (Å²) in [6, 6.07) is 12.1. The van der Waals surface area contributed by atoms with E-state index in [1.54, 1.807) is 18.0 Å². The zero-order valence-corrected chi connectivity index (χ0v) is 14.3. The number of hydrogen-bond acceptors (Lipinski definition) is 3. The summed E-state index contributed by atoms with van der Waals surface area (Å²) >= 11 is 0. The molecule has 1 unspecified atom stereocenters. The van der Waals surface area contributed by atoms with E-state index in [0.717, 1.165) is 17.7 Å². The molecule has 2 aromatic rings. The van der Waals surface area contributed by atoms with Gasteiger partial charge in [0.1, 0.15) is 0 Å². The number of fused-ring (bicyclic) bond motifs is 2. The van der Waals surface area contributed by atoms with Crippen LogP contribution in [0.2, 0.25) is 0 Å².